The average molecular weight is 382 g/mol. The number of carbonyl (C=O) groups is 3. The molecule has 0 fully saturated rings. The summed E-state index contributed by atoms with van der Waals surface area (Å²) in [6, 6.07) is 16.2. The van der Waals surface area contributed by atoms with Crippen LogP contribution in [-0.4, -0.2) is 17.6 Å². The van der Waals surface area contributed by atoms with Crippen LogP contribution < -0.4 is 11.1 Å². The molecule has 0 saturated carbocycles. The Morgan fingerprint density at radius 3 is 2.30 bits per heavy atom. The van der Waals surface area contributed by atoms with Gasteiger partial charge in [0.25, 0.3) is 11.8 Å². The minimum absolute atomic E-state index is 0.141. The van der Waals surface area contributed by atoms with Crippen LogP contribution in [0, 0.1) is 5.82 Å². The predicted molar refractivity (Wildman–Crippen MR) is 102 cm³/mol. The van der Waals surface area contributed by atoms with Gasteiger partial charge in [-0.15, -0.1) is 11.3 Å². The van der Waals surface area contributed by atoms with E-state index in [2.05, 4.69) is 5.32 Å². The van der Waals surface area contributed by atoms with Gasteiger partial charge in [0.15, 0.2) is 0 Å². The van der Waals surface area contributed by atoms with Crippen molar-refractivity contribution in [1.82, 2.24) is 0 Å². The van der Waals surface area contributed by atoms with E-state index in [1.165, 1.54) is 24.3 Å². The molecule has 0 atom stereocenters. The van der Waals surface area contributed by atoms with Crippen molar-refractivity contribution in [3.05, 3.63) is 77.6 Å². The number of primary amides is 1. The molecule has 3 rings (SSSR count). The molecular weight excluding hydrogens is 367 g/mol. The van der Waals surface area contributed by atoms with Gasteiger partial charge in [0, 0.05) is 11.3 Å². The first-order valence-corrected chi connectivity index (χ1v) is 8.83. The molecule has 3 N–H and O–H groups in total. The minimum atomic E-state index is -0.858. The summed E-state index contributed by atoms with van der Waals surface area (Å²) in [4.78, 5) is 36.8. The molecule has 0 bridgehead atoms. The van der Waals surface area contributed by atoms with Crippen molar-refractivity contribution in [2.24, 2.45) is 5.73 Å². The average Bonchev–Trinajstić information content (AvgIpc) is 3.08. The summed E-state index contributed by atoms with van der Waals surface area (Å²) in [5.41, 5.74) is 6.91. The Balaban J connectivity index is 1.78. The Morgan fingerprint density at radius 1 is 1.00 bits per heavy atom. The number of halogens is 1. The topological polar surface area (TPSA) is 89.3 Å². The molecule has 0 aliphatic carbocycles. The third-order valence-corrected chi connectivity index (χ3v) is 4.91. The molecule has 7 heteroatoms. The second kappa shape index (κ2) is 7.92. The first kappa shape index (κ1) is 18.5. The summed E-state index contributed by atoms with van der Waals surface area (Å²) in [5, 5.41) is 2.69. The van der Waals surface area contributed by atoms with E-state index in [1.807, 2.05) is 30.3 Å². The molecule has 0 unspecified atom stereocenters. The quantitative estimate of drug-likeness (QED) is 0.640. The third-order valence-electron chi connectivity index (χ3n) is 3.81. The molecule has 0 radical (unpaired) electrons. The number of benzene rings is 2. The smallest absolute Gasteiger partial charge is 0.292 e. The van der Waals surface area contributed by atoms with E-state index in [0.29, 0.717) is 5.56 Å². The molecule has 3 aromatic rings. The lowest BCUT2D eigenvalue weighted by Crippen LogP contribution is -2.25. The first-order chi connectivity index (χ1) is 12.9. The van der Waals surface area contributed by atoms with E-state index >= 15 is 0 Å². The number of nitrogens with two attached hydrogens (primary N) is 1. The zero-order chi connectivity index (χ0) is 19.4. The van der Waals surface area contributed by atoms with Crippen LogP contribution >= 0.6 is 11.3 Å². The molecule has 0 aliphatic rings. The van der Waals surface area contributed by atoms with Gasteiger partial charge in [-0.3, -0.25) is 14.4 Å². The lowest BCUT2D eigenvalue weighted by atomic mass is 10.1. The summed E-state index contributed by atoms with van der Waals surface area (Å²) in [6.07, 6.45) is -0.172. The highest BCUT2D eigenvalue weighted by Crippen LogP contribution is 2.35. The van der Waals surface area contributed by atoms with Crippen molar-refractivity contribution in [2.75, 3.05) is 5.32 Å². The summed E-state index contributed by atoms with van der Waals surface area (Å²) in [6.45, 7) is 0. The molecule has 27 heavy (non-hydrogen) atoms. The number of Topliss-reactive ketones (excluding diaryl/α,β-unsaturated/α-hetero) is 1. The first-order valence-electron chi connectivity index (χ1n) is 8.01. The fourth-order valence-electron chi connectivity index (χ4n) is 2.45. The second-order valence-corrected chi connectivity index (χ2v) is 6.82. The Morgan fingerprint density at radius 2 is 1.67 bits per heavy atom. The second-order valence-electron chi connectivity index (χ2n) is 5.76. The third kappa shape index (κ3) is 4.45. The molecule has 0 aliphatic heterocycles. The van der Waals surface area contributed by atoms with Crippen LogP contribution in [-0.2, 0) is 16.0 Å². The van der Waals surface area contributed by atoms with Crippen LogP contribution in [0.4, 0.5) is 9.39 Å². The van der Waals surface area contributed by atoms with Crippen molar-refractivity contribution in [2.45, 2.75) is 6.42 Å². The van der Waals surface area contributed by atoms with Gasteiger partial charge in [-0.05, 0) is 29.3 Å². The Bertz CT molecular complexity index is 998. The van der Waals surface area contributed by atoms with Gasteiger partial charge < -0.3 is 11.1 Å². The fourth-order valence-corrected chi connectivity index (χ4v) is 3.52. The zero-order valence-corrected chi connectivity index (χ0v) is 14.9. The van der Waals surface area contributed by atoms with Crippen LogP contribution in [0.5, 0.6) is 0 Å². The van der Waals surface area contributed by atoms with Gasteiger partial charge >= 0.3 is 0 Å². The van der Waals surface area contributed by atoms with Gasteiger partial charge in [0.2, 0.25) is 5.78 Å². The number of hydrogen-bond acceptors (Lipinski definition) is 4. The van der Waals surface area contributed by atoms with Gasteiger partial charge in [-0.25, -0.2) is 4.39 Å². The molecule has 136 valence electrons. The monoisotopic (exact) mass is 382 g/mol. The lowest BCUT2D eigenvalue weighted by molar-refractivity contribution is -0.134. The predicted octanol–water partition coefficient (Wildman–Crippen LogP) is 3.40. The van der Waals surface area contributed by atoms with Crippen molar-refractivity contribution < 1.29 is 18.8 Å². The summed E-state index contributed by atoms with van der Waals surface area (Å²) in [7, 11) is 0. The molecule has 2 aromatic carbocycles. The van der Waals surface area contributed by atoms with E-state index in [0.717, 1.165) is 21.8 Å². The minimum Gasteiger partial charge on any atom is -0.366 e. The van der Waals surface area contributed by atoms with Crippen molar-refractivity contribution in [3.63, 3.8) is 0 Å². The normalized spacial score (nSPS) is 10.4. The van der Waals surface area contributed by atoms with Gasteiger partial charge in [-0.2, -0.15) is 0 Å². The molecule has 5 nitrogen and oxygen atoms in total. The Hall–Kier alpha value is -3.32. The van der Waals surface area contributed by atoms with Crippen LogP contribution in [0.1, 0.15) is 15.9 Å². The number of amides is 2. The Kier molecular flexibility index (Phi) is 5.42. The number of carbonyl (C=O) groups excluding carboxylic acids is 3. The highest BCUT2D eigenvalue weighted by molar-refractivity contribution is 7.20. The van der Waals surface area contributed by atoms with E-state index < -0.39 is 23.4 Å². The number of nitrogens with one attached hydrogen (secondary N) is 1. The van der Waals surface area contributed by atoms with Crippen molar-refractivity contribution >= 4 is 33.9 Å². The van der Waals surface area contributed by atoms with Crippen LogP contribution in [0.15, 0.2) is 60.7 Å². The van der Waals surface area contributed by atoms with E-state index in [-0.39, 0.29) is 17.0 Å². The number of hydrogen-bond donors (Lipinski definition) is 2. The summed E-state index contributed by atoms with van der Waals surface area (Å²) in [5.74, 6) is -2.68. The number of thiophene rings is 1. The molecule has 0 spiro atoms. The molecular formula is C20H15FN2O3S. The lowest BCUT2D eigenvalue weighted by Gasteiger charge is -2.04. The van der Waals surface area contributed by atoms with Crippen LogP contribution in [0.3, 0.4) is 0 Å². The summed E-state index contributed by atoms with van der Waals surface area (Å²) >= 11 is 1.16. The van der Waals surface area contributed by atoms with Crippen molar-refractivity contribution in [3.8, 4) is 10.4 Å². The molecule has 0 saturated heterocycles. The maximum atomic E-state index is 12.9. The molecule has 1 aromatic heterocycles. The highest BCUT2D eigenvalue weighted by atomic mass is 32.1. The van der Waals surface area contributed by atoms with Crippen LogP contribution in [0.2, 0.25) is 0 Å². The maximum Gasteiger partial charge on any atom is 0.292 e. The Labute approximate surface area is 158 Å². The summed E-state index contributed by atoms with van der Waals surface area (Å²) < 4.78 is 12.9. The van der Waals surface area contributed by atoms with Crippen LogP contribution in [0.25, 0.3) is 10.4 Å². The maximum absolute atomic E-state index is 12.9. The van der Waals surface area contributed by atoms with E-state index in [9.17, 15) is 18.8 Å². The highest BCUT2D eigenvalue weighted by Gasteiger charge is 2.20. The molecule has 2 amide bonds. The van der Waals surface area contributed by atoms with E-state index in [4.69, 9.17) is 5.73 Å². The van der Waals surface area contributed by atoms with Gasteiger partial charge in [-0.1, -0.05) is 42.5 Å². The number of ketones is 1. The fraction of sp³-hybridized carbons (Fsp3) is 0.0500. The SMILES string of the molecule is NC(=O)c1cc(-c2ccccc2)sc1NC(=O)C(=O)Cc1ccc(F)cc1. The standard InChI is InChI=1S/C20H15FN2O3S/c21-14-8-6-12(7-9-14)10-16(24)19(26)23-20-15(18(22)25)11-17(27-20)13-4-2-1-3-5-13/h1-9,11H,10H2,(H2,22,25)(H,23,26). The largest absolute Gasteiger partial charge is 0.366 e. The van der Waals surface area contributed by atoms with Gasteiger partial charge in [0.1, 0.15) is 10.8 Å². The van der Waals surface area contributed by atoms with E-state index in [1.54, 1.807) is 6.07 Å². The van der Waals surface area contributed by atoms with Crippen molar-refractivity contribution in [1.29, 1.82) is 0 Å². The number of anilines is 1. The zero-order valence-electron chi connectivity index (χ0n) is 14.1. The van der Waals surface area contributed by atoms with Gasteiger partial charge in [0.05, 0.1) is 5.56 Å². The molecule has 1 heterocycles. The number of rotatable bonds is 6.